The van der Waals surface area contributed by atoms with Gasteiger partial charge in [0.25, 0.3) is 0 Å². The molecule has 0 spiro atoms. The Balaban J connectivity index is 1.48. The van der Waals surface area contributed by atoms with E-state index in [1.807, 2.05) is 54.7 Å². The highest BCUT2D eigenvalue weighted by Crippen LogP contribution is 2.33. The summed E-state index contributed by atoms with van der Waals surface area (Å²) in [7, 11) is 3.21. The number of nitrogens with zero attached hydrogens (tertiary/aromatic N) is 2. The maximum atomic E-state index is 12.4. The number of para-hydroxylation sites is 1. The van der Waals surface area contributed by atoms with Crippen LogP contribution in [0.4, 0.5) is 0 Å². The van der Waals surface area contributed by atoms with Gasteiger partial charge in [-0.25, -0.2) is 4.68 Å². The molecular weight excluding hydrogens is 430 g/mol. The third-order valence-corrected chi connectivity index (χ3v) is 5.65. The first-order chi connectivity index (χ1) is 16.7. The minimum Gasteiger partial charge on any atom is -0.493 e. The summed E-state index contributed by atoms with van der Waals surface area (Å²) in [6.45, 7) is 2.10. The molecule has 3 aromatic rings. The van der Waals surface area contributed by atoms with E-state index in [-0.39, 0.29) is 5.91 Å². The highest BCUT2D eigenvalue weighted by atomic mass is 16.5. The van der Waals surface area contributed by atoms with Crippen LogP contribution in [-0.2, 0) is 9.53 Å². The summed E-state index contributed by atoms with van der Waals surface area (Å²) in [5.74, 6) is 1.87. The van der Waals surface area contributed by atoms with Crippen molar-refractivity contribution in [1.82, 2.24) is 15.1 Å². The molecule has 0 radical (unpaired) electrons. The lowest BCUT2D eigenvalue weighted by atomic mass is 10.1. The second-order valence-corrected chi connectivity index (χ2v) is 8.28. The van der Waals surface area contributed by atoms with Gasteiger partial charge < -0.3 is 19.5 Å². The normalized spacial score (nSPS) is 13.2. The molecule has 34 heavy (non-hydrogen) atoms. The molecule has 1 aliphatic carbocycles. The summed E-state index contributed by atoms with van der Waals surface area (Å²) in [5, 5.41) is 7.71. The van der Waals surface area contributed by atoms with E-state index in [2.05, 4.69) is 5.32 Å². The van der Waals surface area contributed by atoms with Crippen LogP contribution in [0.25, 0.3) is 23.0 Å². The molecule has 1 N–H and O–H groups in total. The molecule has 0 aliphatic heterocycles. The monoisotopic (exact) mass is 461 g/mol. The summed E-state index contributed by atoms with van der Waals surface area (Å²) < 4.78 is 18.2. The summed E-state index contributed by atoms with van der Waals surface area (Å²) in [6, 6.07) is 15.5. The zero-order chi connectivity index (χ0) is 23.8. The lowest BCUT2D eigenvalue weighted by molar-refractivity contribution is -0.116. The van der Waals surface area contributed by atoms with Gasteiger partial charge in [-0.15, -0.1) is 0 Å². The maximum Gasteiger partial charge on any atom is 0.244 e. The smallest absolute Gasteiger partial charge is 0.244 e. The van der Waals surface area contributed by atoms with Crippen LogP contribution in [0.2, 0.25) is 0 Å². The highest BCUT2D eigenvalue weighted by molar-refractivity contribution is 5.92. The molecule has 7 nitrogen and oxygen atoms in total. The molecule has 1 fully saturated rings. The number of hydrogen-bond donors (Lipinski definition) is 1. The Morgan fingerprint density at radius 3 is 2.65 bits per heavy atom. The third kappa shape index (κ3) is 6.26. The molecule has 1 saturated carbocycles. The lowest BCUT2D eigenvalue weighted by Crippen LogP contribution is -2.23. The topological polar surface area (TPSA) is 74.6 Å². The molecule has 1 amide bonds. The first-order valence-corrected chi connectivity index (χ1v) is 11.6. The van der Waals surface area contributed by atoms with Gasteiger partial charge in [0.1, 0.15) is 5.69 Å². The summed E-state index contributed by atoms with van der Waals surface area (Å²) >= 11 is 0. The molecule has 0 atom stereocenters. The quantitative estimate of drug-likeness (QED) is 0.317. The Hall–Kier alpha value is -3.58. The van der Waals surface area contributed by atoms with E-state index in [9.17, 15) is 4.79 Å². The number of methoxy groups -OCH3 is 2. The van der Waals surface area contributed by atoms with Crippen molar-refractivity contribution in [1.29, 1.82) is 0 Å². The van der Waals surface area contributed by atoms with Crippen LogP contribution in [0.15, 0.2) is 60.8 Å². The summed E-state index contributed by atoms with van der Waals surface area (Å²) in [4.78, 5) is 12.4. The van der Waals surface area contributed by atoms with Crippen LogP contribution in [0.3, 0.4) is 0 Å². The van der Waals surface area contributed by atoms with E-state index in [1.54, 1.807) is 31.1 Å². The van der Waals surface area contributed by atoms with Crippen molar-refractivity contribution in [2.75, 3.05) is 34.0 Å². The fraction of sp³-hybridized carbons (Fsp3) is 0.333. The number of rotatable bonds is 12. The predicted octanol–water partition coefficient (Wildman–Crippen LogP) is 4.50. The lowest BCUT2D eigenvalue weighted by Gasteiger charge is -2.09. The minimum atomic E-state index is -0.145. The van der Waals surface area contributed by atoms with E-state index in [0.717, 1.165) is 41.5 Å². The fourth-order valence-corrected chi connectivity index (χ4v) is 3.57. The van der Waals surface area contributed by atoms with Gasteiger partial charge >= 0.3 is 0 Å². The second-order valence-electron chi connectivity index (χ2n) is 8.28. The van der Waals surface area contributed by atoms with E-state index in [1.165, 1.54) is 12.8 Å². The molecule has 0 saturated heterocycles. The number of amides is 1. The van der Waals surface area contributed by atoms with E-state index < -0.39 is 0 Å². The number of nitrogens with one attached hydrogen (secondary N) is 1. The molecule has 7 heteroatoms. The van der Waals surface area contributed by atoms with Crippen LogP contribution in [0.5, 0.6) is 11.5 Å². The van der Waals surface area contributed by atoms with Gasteiger partial charge in [0.15, 0.2) is 11.5 Å². The summed E-state index contributed by atoms with van der Waals surface area (Å²) in [5.41, 5.74) is 3.35. The van der Waals surface area contributed by atoms with Crippen molar-refractivity contribution >= 4 is 12.0 Å². The molecule has 1 aromatic heterocycles. The van der Waals surface area contributed by atoms with Crippen molar-refractivity contribution in [3.05, 3.63) is 66.4 Å². The Labute approximate surface area is 200 Å². The average molecular weight is 462 g/mol. The number of hydrogen-bond acceptors (Lipinski definition) is 5. The molecule has 0 bridgehead atoms. The SMILES string of the molecule is COc1ccc(-c2nn(-c3ccccc3)cc2/C=C/C(=O)NCCCOCC2CC2)cc1OC. The van der Waals surface area contributed by atoms with Crippen molar-refractivity contribution in [3.63, 3.8) is 0 Å². The fourth-order valence-electron chi connectivity index (χ4n) is 3.57. The van der Waals surface area contributed by atoms with Crippen molar-refractivity contribution < 1.29 is 19.0 Å². The third-order valence-electron chi connectivity index (χ3n) is 5.65. The van der Waals surface area contributed by atoms with E-state index >= 15 is 0 Å². The van der Waals surface area contributed by atoms with Crippen molar-refractivity contribution in [2.45, 2.75) is 19.3 Å². The Kier molecular flexibility index (Phi) is 7.99. The van der Waals surface area contributed by atoms with Crippen LogP contribution < -0.4 is 14.8 Å². The van der Waals surface area contributed by atoms with Crippen molar-refractivity contribution in [3.8, 4) is 28.4 Å². The van der Waals surface area contributed by atoms with Gasteiger partial charge in [-0.05, 0) is 61.6 Å². The minimum absolute atomic E-state index is 0.145. The largest absolute Gasteiger partial charge is 0.493 e. The molecule has 1 aliphatic rings. The van der Waals surface area contributed by atoms with Gasteiger partial charge in [0, 0.05) is 43.2 Å². The zero-order valence-corrected chi connectivity index (χ0v) is 19.7. The number of benzene rings is 2. The number of carbonyl (C=O) groups is 1. The summed E-state index contributed by atoms with van der Waals surface area (Å²) in [6.07, 6.45) is 8.62. The first-order valence-electron chi connectivity index (χ1n) is 11.6. The van der Waals surface area contributed by atoms with Gasteiger partial charge in [0.05, 0.1) is 19.9 Å². The molecule has 2 aromatic carbocycles. The van der Waals surface area contributed by atoms with Crippen LogP contribution in [0, 0.1) is 5.92 Å². The van der Waals surface area contributed by atoms with Gasteiger partial charge in [-0.1, -0.05) is 18.2 Å². The van der Waals surface area contributed by atoms with Crippen LogP contribution >= 0.6 is 0 Å². The molecule has 0 unspecified atom stereocenters. The molecule has 1 heterocycles. The Bertz CT molecular complexity index is 1120. The highest BCUT2D eigenvalue weighted by Gasteiger charge is 2.20. The standard InChI is InChI=1S/C27H31N3O4/c1-32-24-13-11-21(17-25(24)33-2)27-22(18-30(29-27)23-7-4-3-5-8-23)12-14-26(31)28-15-6-16-34-19-20-9-10-20/h3-5,7-8,11-14,17-18,20H,6,9-10,15-16,19H2,1-2H3,(H,28,31)/b14-12+. The number of carbonyl (C=O) groups excluding carboxylic acids is 1. The Morgan fingerprint density at radius 1 is 1.12 bits per heavy atom. The maximum absolute atomic E-state index is 12.4. The molecule has 178 valence electrons. The average Bonchev–Trinajstić information content (AvgIpc) is 3.61. The molecular formula is C27H31N3O4. The zero-order valence-electron chi connectivity index (χ0n) is 19.7. The van der Waals surface area contributed by atoms with Crippen molar-refractivity contribution in [2.24, 2.45) is 5.92 Å². The van der Waals surface area contributed by atoms with E-state index in [4.69, 9.17) is 19.3 Å². The van der Waals surface area contributed by atoms with Gasteiger partial charge in [0.2, 0.25) is 5.91 Å². The second kappa shape index (κ2) is 11.5. The predicted molar refractivity (Wildman–Crippen MR) is 132 cm³/mol. The van der Waals surface area contributed by atoms with Gasteiger partial charge in [-0.3, -0.25) is 4.79 Å². The number of ether oxygens (including phenoxy) is 3. The van der Waals surface area contributed by atoms with Crippen LogP contribution in [-0.4, -0.2) is 49.7 Å². The van der Waals surface area contributed by atoms with Gasteiger partial charge in [-0.2, -0.15) is 5.10 Å². The van der Waals surface area contributed by atoms with E-state index in [0.29, 0.717) is 24.7 Å². The first kappa shape index (κ1) is 23.6. The Morgan fingerprint density at radius 2 is 1.91 bits per heavy atom. The number of aromatic nitrogens is 2. The van der Waals surface area contributed by atoms with Crippen LogP contribution in [0.1, 0.15) is 24.8 Å². The molecule has 4 rings (SSSR count).